The fourth-order valence-corrected chi connectivity index (χ4v) is 7.47. The Bertz CT molecular complexity index is 1550. The average molecular weight is 645 g/mol. The molecular formula is C38H52N4O5. The van der Waals surface area contributed by atoms with Gasteiger partial charge in [0.2, 0.25) is 0 Å². The van der Waals surface area contributed by atoms with Gasteiger partial charge in [-0.3, -0.25) is 4.90 Å². The van der Waals surface area contributed by atoms with E-state index < -0.39 is 0 Å². The van der Waals surface area contributed by atoms with E-state index in [-0.39, 0.29) is 12.1 Å². The highest BCUT2D eigenvalue weighted by Crippen LogP contribution is 2.40. The summed E-state index contributed by atoms with van der Waals surface area (Å²) in [6.07, 6.45) is 6.37. The first-order valence-corrected chi connectivity index (χ1v) is 16.9. The third-order valence-corrected chi connectivity index (χ3v) is 9.79. The first-order chi connectivity index (χ1) is 22.8. The van der Waals surface area contributed by atoms with E-state index in [1.54, 1.807) is 28.4 Å². The lowest BCUT2D eigenvalue weighted by Gasteiger charge is -2.38. The molecule has 9 heteroatoms. The lowest BCUT2D eigenvalue weighted by molar-refractivity contribution is 0.176. The summed E-state index contributed by atoms with van der Waals surface area (Å²) in [6, 6.07) is 12.5. The molecule has 0 aliphatic carbocycles. The second-order valence-electron chi connectivity index (χ2n) is 12.7. The van der Waals surface area contributed by atoms with Gasteiger partial charge >= 0.3 is 6.03 Å². The second-order valence-corrected chi connectivity index (χ2v) is 12.7. The molecule has 2 aliphatic rings. The number of aryl methyl sites for hydroxylation is 3. The van der Waals surface area contributed by atoms with E-state index >= 15 is 0 Å². The first-order valence-electron chi connectivity index (χ1n) is 16.9. The van der Waals surface area contributed by atoms with Crippen LogP contribution in [0.15, 0.2) is 36.4 Å². The van der Waals surface area contributed by atoms with Crippen LogP contribution < -0.4 is 34.5 Å². The van der Waals surface area contributed by atoms with Gasteiger partial charge < -0.3 is 34.5 Å². The van der Waals surface area contributed by atoms with Crippen molar-refractivity contribution in [2.24, 2.45) is 0 Å². The van der Waals surface area contributed by atoms with Crippen LogP contribution in [0.5, 0.6) is 23.0 Å². The predicted molar refractivity (Wildman–Crippen MR) is 189 cm³/mol. The lowest BCUT2D eigenvalue weighted by atomic mass is 9.88. The van der Waals surface area contributed by atoms with Crippen molar-refractivity contribution in [1.82, 2.24) is 10.2 Å². The summed E-state index contributed by atoms with van der Waals surface area (Å²) in [5.74, 6) is 2.94. The number of nitrogens with one attached hydrogen (secondary N) is 2. The van der Waals surface area contributed by atoms with Crippen LogP contribution in [0, 0.1) is 20.8 Å². The van der Waals surface area contributed by atoms with E-state index in [1.165, 1.54) is 47.2 Å². The molecule has 2 aliphatic heterocycles. The molecular weight excluding hydrogens is 592 g/mol. The molecule has 5 rings (SSSR count). The molecule has 47 heavy (non-hydrogen) atoms. The maximum atomic E-state index is 13.3. The molecule has 0 aromatic heterocycles. The van der Waals surface area contributed by atoms with Crippen LogP contribution in [0.4, 0.5) is 16.2 Å². The maximum absolute atomic E-state index is 13.3. The van der Waals surface area contributed by atoms with E-state index in [0.717, 1.165) is 85.3 Å². The highest BCUT2D eigenvalue weighted by molar-refractivity contribution is 5.92. The topological polar surface area (TPSA) is 84.5 Å². The Morgan fingerprint density at radius 2 is 1.49 bits per heavy atom. The quantitative estimate of drug-likeness (QED) is 0.220. The third kappa shape index (κ3) is 7.73. The number of ether oxygens (including phenoxy) is 4. The van der Waals surface area contributed by atoms with Gasteiger partial charge in [0.25, 0.3) is 0 Å². The minimum Gasteiger partial charge on any atom is -0.493 e. The standard InChI is InChI=1S/C38H52N4O5/c1-25-21-26(2)37(42-17-9-8-10-18-42)27(3)36(25)40-38(43)39-16-20-41-19-15-29-23-34(46-6)35(47-7)24-30(29)31(41)13-11-28-12-14-32(44-4)33(22-28)45-5/h12,14,21-24,31H,8-11,13,15-20H2,1-7H3,(H2,39,40,43). The van der Waals surface area contributed by atoms with Gasteiger partial charge in [-0.25, -0.2) is 4.79 Å². The number of carbonyl (C=O) groups excluding carboxylic acids is 1. The van der Waals surface area contributed by atoms with Gasteiger partial charge in [0.05, 0.1) is 34.1 Å². The second kappa shape index (κ2) is 15.7. The van der Waals surface area contributed by atoms with Gasteiger partial charge in [0.1, 0.15) is 0 Å². The van der Waals surface area contributed by atoms with Crippen molar-refractivity contribution >= 4 is 17.4 Å². The molecule has 0 radical (unpaired) electrons. The molecule has 254 valence electrons. The van der Waals surface area contributed by atoms with Crippen LogP contribution in [-0.2, 0) is 12.8 Å². The Hall–Kier alpha value is -4.11. The Balaban J connectivity index is 1.29. The zero-order valence-electron chi connectivity index (χ0n) is 29.3. The average Bonchev–Trinajstić information content (AvgIpc) is 3.09. The number of urea groups is 1. The Labute approximate surface area is 280 Å². The van der Waals surface area contributed by atoms with E-state index in [0.29, 0.717) is 6.54 Å². The number of rotatable bonds is 12. The largest absolute Gasteiger partial charge is 0.493 e. The molecule has 0 bridgehead atoms. The molecule has 0 saturated carbocycles. The van der Waals surface area contributed by atoms with Crippen molar-refractivity contribution < 1.29 is 23.7 Å². The number of hydrogen-bond acceptors (Lipinski definition) is 7. The lowest BCUT2D eigenvalue weighted by Crippen LogP contribution is -2.42. The Kier molecular flexibility index (Phi) is 11.4. The summed E-state index contributed by atoms with van der Waals surface area (Å²) in [4.78, 5) is 18.2. The van der Waals surface area contributed by atoms with Crippen molar-refractivity contribution in [2.75, 3.05) is 71.4 Å². The number of methoxy groups -OCH3 is 4. The molecule has 1 unspecified atom stereocenters. The number of hydrogen-bond donors (Lipinski definition) is 2. The molecule has 2 amide bonds. The van der Waals surface area contributed by atoms with E-state index in [2.05, 4.69) is 71.5 Å². The summed E-state index contributed by atoms with van der Waals surface area (Å²) in [6.45, 7) is 10.7. The number of benzene rings is 3. The Morgan fingerprint density at radius 3 is 2.19 bits per heavy atom. The monoisotopic (exact) mass is 644 g/mol. The van der Waals surface area contributed by atoms with Crippen molar-refractivity contribution in [3.63, 3.8) is 0 Å². The number of nitrogens with zero attached hydrogens (tertiary/aromatic N) is 2. The minimum atomic E-state index is -0.171. The van der Waals surface area contributed by atoms with Gasteiger partial charge in [0.15, 0.2) is 23.0 Å². The van der Waals surface area contributed by atoms with E-state index in [9.17, 15) is 4.79 Å². The zero-order chi connectivity index (χ0) is 33.5. The summed E-state index contributed by atoms with van der Waals surface area (Å²) in [5, 5.41) is 6.35. The van der Waals surface area contributed by atoms with Crippen LogP contribution in [-0.4, -0.2) is 72.1 Å². The molecule has 1 saturated heterocycles. The smallest absolute Gasteiger partial charge is 0.319 e. The van der Waals surface area contributed by atoms with Crippen molar-refractivity contribution in [1.29, 1.82) is 0 Å². The molecule has 0 spiro atoms. The van der Waals surface area contributed by atoms with Gasteiger partial charge in [-0.2, -0.15) is 0 Å². The first kappa shape index (κ1) is 34.2. The van der Waals surface area contributed by atoms with Crippen LogP contribution in [0.3, 0.4) is 0 Å². The highest BCUT2D eigenvalue weighted by atomic mass is 16.5. The van der Waals surface area contributed by atoms with Gasteiger partial charge in [0, 0.05) is 44.5 Å². The van der Waals surface area contributed by atoms with E-state index in [4.69, 9.17) is 18.9 Å². The highest BCUT2D eigenvalue weighted by Gasteiger charge is 2.29. The van der Waals surface area contributed by atoms with Gasteiger partial charge in [-0.05, 0) is 117 Å². The number of carbonyl (C=O) groups is 1. The number of piperidine rings is 1. The summed E-state index contributed by atoms with van der Waals surface area (Å²) < 4.78 is 22.3. The molecule has 2 N–H and O–H groups in total. The van der Waals surface area contributed by atoms with Crippen LogP contribution >= 0.6 is 0 Å². The third-order valence-electron chi connectivity index (χ3n) is 9.79. The number of anilines is 2. The molecule has 1 fully saturated rings. The zero-order valence-corrected chi connectivity index (χ0v) is 29.3. The van der Waals surface area contributed by atoms with Crippen molar-refractivity contribution in [3.05, 3.63) is 69.8 Å². The molecule has 3 aromatic carbocycles. The fourth-order valence-electron chi connectivity index (χ4n) is 7.47. The van der Waals surface area contributed by atoms with Crippen molar-refractivity contribution in [3.8, 4) is 23.0 Å². The molecule has 1 atom stereocenters. The normalized spacial score (nSPS) is 16.3. The van der Waals surface area contributed by atoms with Crippen LogP contribution in [0.2, 0.25) is 0 Å². The summed E-state index contributed by atoms with van der Waals surface area (Å²) in [5.41, 5.74) is 9.38. The van der Waals surface area contributed by atoms with E-state index in [1.807, 2.05) is 6.07 Å². The molecule has 3 aromatic rings. The van der Waals surface area contributed by atoms with Crippen LogP contribution in [0.1, 0.15) is 65.1 Å². The minimum absolute atomic E-state index is 0.144. The summed E-state index contributed by atoms with van der Waals surface area (Å²) >= 11 is 0. The summed E-state index contributed by atoms with van der Waals surface area (Å²) in [7, 11) is 6.68. The SMILES string of the molecule is COc1ccc(CCC2c3cc(OC)c(OC)cc3CCN2CCNC(=O)Nc2c(C)cc(C)c(N3CCCCC3)c2C)cc1OC. The van der Waals surface area contributed by atoms with Crippen LogP contribution in [0.25, 0.3) is 0 Å². The van der Waals surface area contributed by atoms with Gasteiger partial charge in [-0.15, -0.1) is 0 Å². The van der Waals surface area contributed by atoms with Crippen molar-refractivity contribution in [2.45, 2.75) is 65.3 Å². The fraction of sp³-hybridized carbons (Fsp3) is 0.500. The number of amides is 2. The molecule has 9 nitrogen and oxygen atoms in total. The molecule has 2 heterocycles. The number of fused-ring (bicyclic) bond motifs is 1. The predicted octanol–water partition coefficient (Wildman–Crippen LogP) is 6.99. The van der Waals surface area contributed by atoms with Gasteiger partial charge in [-0.1, -0.05) is 12.1 Å². The Morgan fingerprint density at radius 1 is 0.809 bits per heavy atom. The maximum Gasteiger partial charge on any atom is 0.319 e.